The van der Waals surface area contributed by atoms with Crippen LogP contribution in [-0.4, -0.2) is 11.1 Å². The molecule has 2 rings (SSSR count). The van der Waals surface area contributed by atoms with Crippen LogP contribution in [0.2, 0.25) is 5.02 Å². The number of halogens is 2. The van der Waals surface area contributed by atoms with Gasteiger partial charge in [-0.05, 0) is 28.1 Å². The summed E-state index contributed by atoms with van der Waals surface area (Å²) in [7, 11) is 0. The molecule has 106 valence electrons. The van der Waals surface area contributed by atoms with Crippen molar-refractivity contribution in [3.8, 4) is 0 Å². The highest BCUT2D eigenvalue weighted by atomic mass is 79.9. The Balaban J connectivity index is 2.20. The summed E-state index contributed by atoms with van der Waals surface area (Å²) in [4.78, 5) is 12.1. The molecule has 0 atom stereocenters. The van der Waals surface area contributed by atoms with Gasteiger partial charge in [-0.1, -0.05) is 43.6 Å². The Hall–Kier alpha value is -1.33. The lowest BCUT2D eigenvalue weighted by atomic mass is 9.92. The molecule has 0 aliphatic rings. The maximum atomic E-state index is 12.1. The predicted molar refractivity (Wildman–Crippen MR) is 82.3 cm³/mol. The highest BCUT2D eigenvalue weighted by Crippen LogP contribution is 2.27. The van der Waals surface area contributed by atoms with Crippen LogP contribution in [0.15, 0.2) is 33.3 Å². The van der Waals surface area contributed by atoms with Gasteiger partial charge in [0, 0.05) is 16.0 Å². The lowest BCUT2D eigenvalue weighted by Crippen LogP contribution is -2.13. The van der Waals surface area contributed by atoms with Crippen molar-refractivity contribution < 1.29 is 9.32 Å². The van der Waals surface area contributed by atoms with E-state index in [9.17, 15) is 4.79 Å². The number of carbonyl (C=O) groups is 1. The van der Waals surface area contributed by atoms with E-state index < -0.39 is 0 Å². The normalized spacial score (nSPS) is 11.4. The van der Waals surface area contributed by atoms with Gasteiger partial charge in [-0.3, -0.25) is 10.1 Å². The average Bonchev–Trinajstić information content (AvgIpc) is 2.81. The maximum Gasteiger partial charge on any atom is 0.259 e. The number of benzene rings is 1. The van der Waals surface area contributed by atoms with Gasteiger partial charge in [-0.2, -0.15) is 0 Å². The first-order valence-corrected chi connectivity index (χ1v) is 7.18. The van der Waals surface area contributed by atoms with Gasteiger partial charge in [0.25, 0.3) is 5.91 Å². The number of aromatic nitrogens is 1. The number of rotatable bonds is 2. The van der Waals surface area contributed by atoms with Crippen molar-refractivity contribution in [3.05, 3.63) is 45.0 Å². The molecule has 1 amide bonds. The van der Waals surface area contributed by atoms with Crippen LogP contribution in [0.4, 0.5) is 5.88 Å². The van der Waals surface area contributed by atoms with Gasteiger partial charge in [0.05, 0.1) is 16.3 Å². The minimum atomic E-state index is -0.340. The Labute approximate surface area is 130 Å². The highest BCUT2D eigenvalue weighted by Gasteiger charge is 2.20. The number of amides is 1. The molecule has 1 aromatic carbocycles. The fraction of sp³-hybridized carbons (Fsp3) is 0.286. The molecule has 6 heteroatoms. The summed E-state index contributed by atoms with van der Waals surface area (Å²) in [6, 6.07) is 6.87. The van der Waals surface area contributed by atoms with E-state index in [1.54, 1.807) is 24.3 Å². The summed E-state index contributed by atoms with van der Waals surface area (Å²) in [6.07, 6.45) is 0. The lowest BCUT2D eigenvalue weighted by molar-refractivity contribution is 0.102. The molecular formula is C14H14BrClN2O2. The highest BCUT2D eigenvalue weighted by molar-refractivity contribution is 9.10. The van der Waals surface area contributed by atoms with Crippen LogP contribution in [0.1, 0.15) is 36.8 Å². The molecule has 0 aliphatic heterocycles. The van der Waals surface area contributed by atoms with E-state index in [0.717, 1.165) is 5.69 Å². The molecule has 0 saturated heterocycles. The molecule has 0 saturated carbocycles. The topological polar surface area (TPSA) is 55.1 Å². The molecule has 2 aromatic rings. The molecule has 0 fully saturated rings. The average molecular weight is 358 g/mol. The van der Waals surface area contributed by atoms with Crippen LogP contribution in [0.3, 0.4) is 0 Å². The first-order valence-electron chi connectivity index (χ1n) is 6.01. The smallest absolute Gasteiger partial charge is 0.259 e. The van der Waals surface area contributed by atoms with Crippen molar-refractivity contribution in [1.29, 1.82) is 0 Å². The quantitative estimate of drug-likeness (QED) is 0.852. The van der Waals surface area contributed by atoms with Gasteiger partial charge in [-0.15, -0.1) is 0 Å². The molecule has 0 unspecified atom stereocenters. The SMILES string of the molecule is CC(C)(C)c1cc(NC(=O)c2cccc(Br)c2Cl)on1. The van der Waals surface area contributed by atoms with E-state index in [-0.39, 0.29) is 11.3 Å². The van der Waals surface area contributed by atoms with Gasteiger partial charge in [-0.25, -0.2) is 0 Å². The predicted octanol–water partition coefficient (Wildman–Crippen LogP) is 4.64. The molecule has 1 aromatic heterocycles. The number of nitrogens with zero attached hydrogens (tertiary/aromatic N) is 1. The van der Waals surface area contributed by atoms with E-state index in [2.05, 4.69) is 26.4 Å². The third kappa shape index (κ3) is 3.22. The van der Waals surface area contributed by atoms with Crippen LogP contribution in [0, 0.1) is 0 Å². The van der Waals surface area contributed by atoms with Gasteiger partial charge in [0.1, 0.15) is 0 Å². The molecule has 20 heavy (non-hydrogen) atoms. The zero-order valence-corrected chi connectivity index (χ0v) is 13.7. The second-order valence-electron chi connectivity index (χ2n) is 5.38. The summed E-state index contributed by atoms with van der Waals surface area (Å²) in [5, 5.41) is 6.95. The van der Waals surface area contributed by atoms with Crippen molar-refractivity contribution in [3.63, 3.8) is 0 Å². The van der Waals surface area contributed by atoms with Crippen LogP contribution in [0.25, 0.3) is 0 Å². The first kappa shape index (κ1) is 15.1. The number of hydrogen-bond donors (Lipinski definition) is 1. The summed E-state index contributed by atoms with van der Waals surface area (Å²) < 4.78 is 5.78. The molecular weight excluding hydrogens is 344 g/mol. The fourth-order valence-corrected chi connectivity index (χ4v) is 2.12. The summed E-state index contributed by atoms with van der Waals surface area (Å²) in [5.74, 6) is -0.0381. The minimum absolute atomic E-state index is 0.139. The molecule has 0 spiro atoms. The number of hydrogen-bond acceptors (Lipinski definition) is 3. The van der Waals surface area contributed by atoms with Gasteiger partial charge < -0.3 is 4.52 Å². The van der Waals surface area contributed by atoms with E-state index in [1.165, 1.54) is 0 Å². The molecule has 0 aliphatic carbocycles. The molecule has 0 radical (unpaired) electrons. The second kappa shape index (κ2) is 5.58. The third-order valence-electron chi connectivity index (χ3n) is 2.71. The second-order valence-corrected chi connectivity index (χ2v) is 6.61. The molecule has 4 nitrogen and oxygen atoms in total. The van der Waals surface area contributed by atoms with Gasteiger partial charge in [0.2, 0.25) is 5.88 Å². The van der Waals surface area contributed by atoms with Crippen LogP contribution >= 0.6 is 27.5 Å². The van der Waals surface area contributed by atoms with Crippen molar-refractivity contribution in [1.82, 2.24) is 5.16 Å². The Kier molecular flexibility index (Phi) is 4.20. The van der Waals surface area contributed by atoms with E-state index in [1.807, 2.05) is 20.8 Å². The number of anilines is 1. The Morgan fingerprint density at radius 2 is 2.10 bits per heavy atom. The van der Waals surface area contributed by atoms with Gasteiger partial charge >= 0.3 is 0 Å². The van der Waals surface area contributed by atoms with Crippen LogP contribution < -0.4 is 5.32 Å². The zero-order valence-electron chi connectivity index (χ0n) is 11.3. The standard InChI is InChI=1S/C14H14BrClN2O2/c1-14(2,3)10-7-11(20-18-10)17-13(19)8-5-4-6-9(15)12(8)16/h4-7H,1-3H3,(H,17,19). The maximum absolute atomic E-state index is 12.1. The Morgan fingerprint density at radius 3 is 2.70 bits per heavy atom. The minimum Gasteiger partial charge on any atom is -0.338 e. The fourth-order valence-electron chi connectivity index (χ4n) is 1.55. The monoisotopic (exact) mass is 356 g/mol. The zero-order chi connectivity index (χ0) is 14.9. The van der Waals surface area contributed by atoms with E-state index in [0.29, 0.717) is 20.9 Å². The van der Waals surface area contributed by atoms with Crippen molar-refractivity contribution >= 4 is 39.3 Å². The lowest BCUT2D eigenvalue weighted by Gasteiger charge is -2.12. The van der Waals surface area contributed by atoms with Crippen molar-refractivity contribution in [2.24, 2.45) is 0 Å². The van der Waals surface area contributed by atoms with Gasteiger partial charge in [0.15, 0.2) is 0 Å². The van der Waals surface area contributed by atoms with Crippen LogP contribution in [0.5, 0.6) is 0 Å². The molecule has 1 N–H and O–H groups in total. The Bertz CT molecular complexity index is 647. The third-order valence-corrected chi connectivity index (χ3v) is 4.01. The molecule has 0 bridgehead atoms. The Morgan fingerprint density at radius 1 is 1.40 bits per heavy atom. The number of carbonyl (C=O) groups excluding carboxylic acids is 1. The first-order chi connectivity index (χ1) is 9.29. The number of nitrogens with one attached hydrogen (secondary N) is 1. The largest absolute Gasteiger partial charge is 0.338 e. The van der Waals surface area contributed by atoms with E-state index >= 15 is 0 Å². The summed E-state index contributed by atoms with van der Waals surface area (Å²) in [5.41, 5.74) is 1.00. The van der Waals surface area contributed by atoms with Crippen molar-refractivity contribution in [2.75, 3.05) is 5.32 Å². The molecule has 1 heterocycles. The van der Waals surface area contributed by atoms with E-state index in [4.69, 9.17) is 16.1 Å². The van der Waals surface area contributed by atoms with Crippen molar-refractivity contribution in [2.45, 2.75) is 26.2 Å². The summed E-state index contributed by atoms with van der Waals surface area (Å²) in [6.45, 7) is 6.05. The summed E-state index contributed by atoms with van der Waals surface area (Å²) >= 11 is 9.36. The van der Waals surface area contributed by atoms with Crippen LogP contribution in [-0.2, 0) is 5.41 Å².